The minimum absolute atomic E-state index is 0. The second-order valence-corrected chi connectivity index (χ2v) is 8.92. The maximum absolute atomic E-state index is 5.99. The maximum atomic E-state index is 5.99. The molecule has 2 aromatic carbocycles. The van der Waals surface area contributed by atoms with Crippen LogP contribution in [0, 0.1) is 13.8 Å². The summed E-state index contributed by atoms with van der Waals surface area (Å²) in [5.74, 6) is 1.67. The van der Waals surface area contributed by atoms with Crippen LogP contribution in [-0.2, 0) is 0 Å². The Morgan fingerprint density at radius 3 is 2.44 bits per heavy atom. The van der Waals surface area contributed by atoms with E-state index in [1.807, 2.05) is 36.4 Å². The first-order chi connectivity index (χ1) is 15.4. The topological polar surface area (TPSA) is 102 Å². The summed E-state index contributed by atoms with van der Waals surface area (Å²) < 4.78 is 0. The Morgan fingerprint density at radius 1 is 1.03 bits per heavy atom. The van der Waals surface area contributed by atoms with Crippen molar-refractivity contribution in [2.24, 2.45) is 16.5 Å². The molecule has 0 amide bonds. The average molecular weight is 522 g/mol. The lowest BCUT2D eigenvalue weighted by atomic mass is 9.91. The number of aliphatic imine (C=N–C) groups is 1. The second kappa shape index (κ2) is 12.2. The Hall–Kier alpha value is -2.54. The smallest absolute Gasteiger partial charge is 0.186 e. The Labute approximate surface area is 218 Å². The van der Waals surface area contributed by atoms with E-state index in [4.69, 9.17) is 33.0 Å². The molecule has 1 heterocycles. The molecule has 2 atom stereocenters. The van der Waals surface area contributed by atoms with Crippen molar-refractivity contribution in [3.63, 3.8) is 0 Å². The molecule has 182 valence electrons. The summed E-state index contributed by atoms with van der Waals surface area (Å²) in [6.07, 6.45) is 7.95. The van der Waals surface area contributed by atoms with Crippen LogP contribution in [0.4, 0.5) is 5.82 Å². The van der Waals surface area contributed by atoms with Crippen molar-refractivity contribution in [1.29, 1.82) is 0 Å². The highest BCUT2D eigenvalue weighted by Crippen LogP contribution is 2.29. The molecular weight excluding hydrogens is 491 g/mol. The van der Waals surface area contributed by atoms with Crippen molar-refractivity contribution < 1.29 is 0 Å². The fourth-order valence-electron chi connectivity index (χ4n) is 4.15. The van der Waals surface area contributed by atoms with E-state index < -0.39 is 0 Å². The monoisotopic (exact) mass is 520 g/mol. The Balaban J connectivity index is 0.00000204. The third-order valence-corrected chi connectivity index (χ3v) is 6.19. The van der Waals surface area contributed by atoms with Gasteiger partial charge in [0.2, 0.25) is 0 Å². The van der Waals surface area contributed by atoms with E-state index in [-0.39, 0.29) is 42.9 Å². The van der Waals surface area contributed by atoms with Crippen molar-refractivity contribution in [3.8, 4) is 0 Å². The Bertz CT molecular complexity index is 1170. The molecule has 1 aliphatic carbocycles. The largest absolute Gasteiger partial charge is 0.370 e. The molecule has 34 heavy (non-hydrogen) atoms. The van der Waals surface area contributed by atoms with Gasteiger partial charge in [-0.3, -0.25) is 4.99 Å². The van der Waals surface area contributed by atoms with Crippen molar-refractivity contribution in [3.05, 3.63) is 63.9 Å². The number of nitrogens with two attached hydrogens (primary N) is 2. The number of benzene rings is 2. The van der Waals surface area contributed by atoms with Crippen molar-refractivity contribution in [2.75, 3.05) is 5.32 Å². The fraction of sp³-hybridized carbons (Fsp3) is 0.320. The lowest BCUT2D eigenvalue weighted by Gasteiger charge is -2.28. The molecule has 1 fully saturated rings. The zero-order chi connectivity index (χ0) is 22.7. The molecule has 1 saturated carbocycles. The Kier molecular flexibility index (Phi) is 9.98. The van der Waals surface area contributed by atoms with Crippen LogP contribution in [0.2, 0.25) is 5.02 Å². The van der Waals surface area contributed by atoms with E-state index in [1.54, 1.807) is 0 Å². The summed E-state index contributed by atoms with van der Waals surface area (Å²) in [6, 6.07) is 12.4. The van der Waals surface area contributed by atoms with E-state index in [2.05, 4.69) is 36.3 Å². The van der Waals surface area contributed by atoms with Gasteiger partial charge < -0.3 is 16.8 Å². The summed E-state index contributed by atoms with van der Waals surface area (Å²) in [6.45, 7) is 4.22. The first-order valence-corrected chi connectivity index (χ1v) is 11.3. The maximum Gasteiger partial charge on any atom is 0.186 e. The van der Waals surface area contributed by atoms with E-state index in [9.17, 15) is 0 Å². The number of nitrogens with zero attached hydrogens (tertiary/aromatic N) is 3. The van der Waals surface area contributed by atoms with E-state index >= 15 is 0 Å². The lowest BCUT2D eigenvalue weighted by molar-refractivity contribution is 0.410. The number of nitrogens with one attached hydrogen (secondary N) is 1. The van der Waals surface area contributed by atoms with Gasteiger partial charge in [-0.25, -0.2) is 9.97 Å². The predicted molar refractivity (Wildman–Crippen MR) is 149 cm³/mol. The van der Waals surface area contributed by atoms with Crippen LogP contribution in [0.5, 0.6) is 0 Å². The van der Waals surface area contributed by atoms with Crippen LogP contribution in [0.15, 0.2) is 41.4 Å². The summed E-state index contributed by atoms with van der Waals surface area (Å²) >= 11 is 5.99. The van der Waals surface area contributed by atoms with Crippen LogP contribution >= 0.6 is 36.4 Å². The van der Waals surface area contributed by atoms with Crippen LogP contribution in [-0.4, -0.2) is 28.0 Å². The van der Waals surface area contributed by atoms with Crippen LogP contribution in [0.1, 0.15) is 48.2 Å². The zero-order valence-electron chi connectivity index (χ0n) is 19.3. The number of guanidine groups is 1. The first-order valence-electron chi connectivity index (χ1n) is 11.0. The molecule has 0 bridgehead atoms. The van der Waals surface area contributed by atoms with Gasteiger partial charge in [0.1, 0.15) is 5.82 Å². The van der Waals surface area contributed by atoms with Gasteiger partial charge in [-0.05, 0) is 86.6 Å². The zero-order valence-corrected chi connectivity index (χ0v) is 21.7. The lowest BCUT2D eigenvalue weighted by Crippen LogP contribution is -2.33. The van der Waals surface area contributed by atoms with Gasteiger partial charge >= 0.3 is 0 Å². The van der Waals surface area contributed by atoms with E-state index in [1.165, 1.54) is 11.1 Å². The minimum atomic E-state index is 0. The van der Waals surface area contributed by atoms with Crippen molar-refractivity contribution in [2.45, 2.75) is 51.6 Å². The van der Waals surface area contributed by atoms with Crippen LogP contribution < -0.4 is 16.8 Å². The number of anilines is 1. The first kappa shape index (κ1) is 27.7. The molecule has 5 N–H and O–H groups in total. The van der Waals surface area contributed by atoms with Gasteiger partial charge in [0.25, 0.3) is 0 Å². The number of hydrogen-bond acceptors (Lipinski definition) is 4. The molecular formula is C25H31Cl3N6. The highest BCUT2D eigenvalue weighted by atomic mass is 35.5. The molecule has 1 aliphatic rings. The van der Waals surface area contributed by atoms with Gasteiger partial charge in [-0.15, -0.1) is 24.8 Å². The quantitative estimate of drug-likeness (QED) is 0.286. The number of fused-ring (bicyclic) bond motifs is 1. The summed E-state index contributed by atoms with van der Waals surface area (Å²) in [7, 11) is 0. The summed E-state index contributed by atoms with van der Waals surface area (Å²) in [5.41, 5.74) is 15.6. The predicted octanol–water partition coefficient (Wildman–Crippen LogP) is 5.91. The molecule has 9 heteroatoms. The number of hydrogen-bond donors (Lipinski definition) is 3. The van der Waals surface area contributed by atoms with Crippen LogP contribution in [0.3, 0.4) is 0 Å². The average Bonchev–Trinajstić information content (AvgIpc) is 2.74. The SMILES string of the molecule is Cc1cc2nc(C=Cc3ccc(Cl)cc3)nc(N[C@@H]3CCC[C@H](N=C(N)N)C3)c2cc1C.Cl.Cl. The number of halogens is 3. The number of aromatic nitrogens is 2. The van der Waals surface area contributed by atoms with Crippen molar-refractivity contribution >= 4 is 71.2 Å². The molecule has 0 radical (unpaired) electrons. The molecule has 3 aromatic rings. The standard InChI is InChI=1S/C25H29ClN6.2ClH/c1-15-12-21-22(13-16(15)2)31-23(11-8-17-6-9-18(26)10-7-17)32-24(21)29-19-4-3-5-20(14-19)30-25(27)28;;/h6-13,19-20H,3-5,14H2,1-2H3,(H4,27,28,30)(H,29,31,32);2*1H/t19-,20+;;/m1../s1. The molecule has 4 rings (SSSR count). The molecule has 0 aliphatic heterocycles. The third kappa shape index (κ3) is 6.98. The van der Waals surface area contributed by atoms with Crippen molar-refractivity contribution in [1.82, 2.24) is 9.97 Å². The molecule has 0 spiro atoms. The van der Waals surface area contributed by atoms with Gasteiger partial charge in [0.15, 0.2) is 11.8 Å². The number of aryl methyl sites for hydroxylation is 2. The normalized spacial score (nSPS) is 17.6. The highest BCUT2D eigenvalue weighted by molar-refractivity contribution is 6.30. The summed E-state index contributed by atoms with van der Waals surface area (Å²) in [5, 5.41) is 5.41. The second-order valence-electron chi connectivity index (χ2n) is 8.48. The minimum Gasteiger partial charge on any atom is -0.370 e. The molecule has 1 aromatic heterocycles. The Morgan fingerprint density at radius 2 is 1.74 bits per heavy atom. The van der Waals surface area contributed by atoms with Gasteiger partial charge in [0, 0.05) is 16.5 Å². The molecule has 0 unspecified atom stereocenters. The number of rotatable bonds is 5. The van der Waals surface area contributed by atoms with Gasteiger partial charge in [-0.1, -0.05) is 29.8 Å². The van der Waals surface area contributed by atoms with Crippen LogP contribution in [0.25, 0.3) is 23.1 Å². The molecule has 6 nitrogen and oxygen atoms in total. The molecule has 0 saturated heterocycles. The van der Waals surface area contributed by atoms with E-state index in [0.717, 1.165) is 48.0 Å². The fourth-order valence-corrected chi connectivity index (χ4v) is 4.28. The van der Waals surface area contributed by atoms with Gasteiger partial charge in [0.05, 0.1) is 11.6 Å². The highest BCUT2D eigenvalue weighted by Gasteiger charge is 2.23. The third-order valence-electron chi connectivity index (χ3n) is 5.94. The summed E-state index contributed by atoms with van der Waals surface area (Å²) in [4.78, 5) is 14.0. The van der Waals surface area contributed by atoms with Gasteiger partial charge in [-0.2, -0.15) is 0 Å². The van der Waals surface area contributed by atoms with E-state index in [0.29, 0.717) is 10.8 Å².